The summed E-state index contributed by atoms with van der Waals surface area (Å²) in [4.78, 5) is 4.80. The topological polar surface area (TPSA) is 83.0 Å². The molecular weight excluding hydrogens is 503 g/mol. The molecule has 2 atom stereocenters. The van der Waals surface area contributed by atoms with E-state index in [1.54, 1.807) is 4.31 Å². The molecule has 2 aliphatic rings. The van der Waals surface area contributed by atoms with E-state index in [4.69, 9.17) is 9.73 Å². The van der Waals surface area contributed by atoms with Gasteiger partial charge in [-0.1, -0.05) is 27.2 Å². The van der Waals surface area contributed by atoms with E-state index in [1.807, 2.05) is 0 Å². The number of hydrogen-bond acceptors (Lipinski definition) is 4. The number of nitrogens with one attached hydrogen (secondary N) is 2. The number of ether oxygens (including phenoxy) is 1. The van der Waals surface area contributed by atoms with Gasteiger partial charge in [-0.15, -0.1) is 24.0 Å². The van der Waals surface area contributed by atoms with E-state index >= 15 is 0 Å². The van der Waals surface area contributed by atoms with E-state index < -0.39 is 10.0 Å². The van der Waals surface area contributed by atoms with Crippen LogP contribution in [0.3, 0.4) is 0 Å². The summed E-state index contributed by atoms with van der Waals surface area (Å²) in [7, 11) is -3.07. The van der Waals surface area contributed by atoms with Gasteiger partial charge in [0.1, 0.15) is 0 Å². The van der Waals surface area contributed by atoms with Crippen molar-refractivity contribution >= 4 is 40.0 Å². The average Bonchev–Trinajstić information content (AvgIpc) is 2.64. The third-order valence-electron chi connectivity index (χ3n) is 6.20. The zero-order chi connectivity index (χ0) is 20.8. The Morgan fingerprint density at radius 3 is 2.41 bits per heavy atom. The molecule has 0 bridgehead atoms. The van der Waals surface area contributed by atoms with Gasteiger partial charge < -0.3 is 15.4 Å². The number of hydrogen-bond donors (Lipinski definition) is 2. The Hall–Kier alpha value is -0.130. The Morgan fingerprint density at radius 1 is 1.24 bits per heavy atom. The summed E-state index contributed by atoms with van der Waals surface area (Å²) in [5, 5.41) is 6.94. The van der Waals surface area contributed by atoms with Gasteiger partial charge in [0.25, 0.3) is 0 Å². The predicted octanol–water partition coefficient (Wildman–Crippen LogP) is 2.81. The highest BCUT2D eigenvalue weighted by atomic mass is 127. The highest BCUT2D eigenvalue weighted by Crippen LogP contribution is 2.42. The molecule has 1 saturated carbocycles. The van der Waals surface area contributed by atoms with Gasteiger partial charge in [0.15, 0.2) is 5.96 Å². The summed E-state index contributed by atoms with van der Waals surface area (Å²) in [6, 6.07) is 0.351. The van der Waals surface area contributed by atoms with Crippen LogP contribution < -0.4 is 10.6 Å². The largest absolute Gasteiger partial charge is 0.378 e. The second kappa shape index (κ2) is 12.0. The van der Waals surface area contributed by atoms with E-state index in [0.717, 1.165) is 57.8 Å². The molecule has 0 aromatic heterocycles. The molecule has 1 aliphatic carbocycles. The average molecular weight is 545 g/mol. The van der Waals surface area contributed by atoms with Crippen molar-refractivity contribution in [2.75, 3.05) is 39.0 Å². The second-order valence-electron chi connectivity index (χ2n) is 8.79. The van der Waals surface area contributed by atoms with Gasteiger partial charge in [-0.05, 0) is 38.5 Å². The lowest BCUT2D eigenvalue weighted by atomic mass is 9.64. The summed E-state index contributed by atoms with van der Waals surface area (Å²) < 4.78 is 30.9. The summed E-state index contributed by atoms with van der Waals surface area (Å²) in [6.07, 6.45) is 6.63. The molecule has 9 heteroatoms. The van der Waals surface area contributed by atoms with Gasteiger partial charge in [0.05, 0.1) is 12.4 Å². The molecule has 0 aromatic rings. The minimum atomic E-state index is -3.07. The first-order valence-electron chi connectivity index (χ1n) is 10.8. The molecule has 29 heavy (non-hydrogen) atoms. The molecule has 2 unspecified atom stereocenters. The number of piperidine rings is 1. The van der Waals surface area contributed by atoms with Crippen molar-refractivity contribution in [3.8, 4) is 0 Å². The van der Waals surface area contributed by atoms with E-state index in [9.17, 15) is 8.42 Å². The monoisotopic (exact) mass is 544 g/mol. The lowest BCUT2D eigenvalue weighted by Crippen LogP contribution is -2.63. The van der Waals surface area contributed by atoms with Crippen LogP contribution in [0.4, 0.5) is 0 Å². The fourth-order valence-electron chi connectivity index (χ4n) is 3.91. The van der Waals surface area contributed by atoms with Crippen LogP contribution in [0.1, 0.15) is 59.8 Å². The zero-order valence-corrected chi connectivity index (χ0v) is 21.9. The summed E-state index contributed by atoms with van der Waals surface area (Å²) >= 11 is 0. The Kier molecular flexibility index (Phi) is 11.2. The van der Waals surface area contributed by atoms with Crippen molar-refractivity contribution in [3.63, 3.8) is 0 Å². The van der Waals surface area contributed by atoms with Crippen LogP contribution in [0.15, 0.2) is 4.99 Å². The first kappa shape index (κ1) is 26.9. The van der Waals surface area contributed by atoms with Gasteiger partial charge in [-0.2, -0.15) is 0 Å². The molecular formula is C20H41IN4O3S. The molecule has 0 amide bonds. The standard InChI is InChI=1S/C20H40N4O3S.HI/c1-6-8-13-27-18-14-17(20(18,3)4)23-19(21-7-2)22-15-16-9-11-24(12-10-16)28(5,25)26;/h16-18H,6-15H2,1-5H3,(H2,21,22,23);1H. The van der Waals surface area contributed by atoms with E-state index in [0.29, 0.717) is 31.2 Å². The normalized spacial score (nSPS) is 25.8. The Labute approximate surface area is 194 Å². The molecule has 1 aliphatic heterocycles. The van der Waals surface area contributed by atoms with Crippen LogP contribution in [-0.4, -0.2) is 69.9 Å². The number of rotatable bonds is 9. The van der Waals surface area contributed by atoms with Gasteiger partial charge in [-0.3, -0.25) is 4.99 Å². The SMILES string of the molecule is CCCCOC1CC(NC(=NCC2CCN(S(C)(=O)=O)CC2)NCC)C1(C)C.I. The lowest BCUT2D eigenvalue weighted by molar-refractivity contribution is -0.113. The first-order valence-corrected chi connectivity index (χ1v) is 12.6. The molecule has 0 spiro atoms. The third kappa shape index (κ3) is 7.81. The smallest absolute Gasteiger partial charge is 0.211 e. The van der Waals surface area contributed by atoms with Crippen molar-refractivity contribution in [3.05, 3.63) is 0 Å². The maximum Gasteiger partial charge on any atom is 0.211 e. The first-order chi connectivity index (χ1) is 13.2. The van der Waals surface area contributed by atoms with Crippen molar-refractivity contribution in [1.29, 1.82) is 0 Å². The zero-order valence-electron chi connectivity index (χ0n) is 18.7. The summed E-state index contributed by atoms with van der Waals surface area (Å²) in [5.74, 6) is 1.30. The van der Waals surface area contributed by atoms with Crippen LogP contribution >= 0.6 is 24.0 Å². The molecule has 0 radical (unpaired) electrons. The molecule has 2 fully saturated rings. The van der Waals surface area contributed by atoms with Crippen molar-refractivity contribution in [1.82, 2.24) is 14.9 Å². The minimum absolute atomic E-state index is 0. The Bertz CT molecular complexity index is 619. The number of unbranched alkanes of at least 4 members (excludes halogenated alkanes) is 1. The number of sulfonamides is 1. The number of aliphatic imine (C=N–C) groups is 1. The van der Waals surface area contributed by atoms with Crippen molar-refractivity contribution in [2.45, 2.75) is 71.9 Å². The van der Waals surface area contributed by atoms with Crippen LogP contribution in [0.5, 0.6) is 0 Å². The molecule has 1 saturated heterocycles. The van der Waals surface area contributed by atoms with E-state index in [1.165, 1.54) is 6.26 Å². The molecule has 7 nitrogen and oxygen atoms in total. The van der Waals surface area contributed by atoms with Gasteiger partial charge in [-0.25, -0.2) is 12.7 Å². The van der Waals surface area contributed by atoms with Crippen molar-refractivity contribution < 1.29 is 13.2 Å². The van der Waals surface area contributed by atoms with Gasteiger partial charge in [0.2, 0.25) is 10.0 Å². The molecule has 1 heterocycles. The number of halogens is 1. The maximum atomic E-state index is 11.6. The molecule has 0 aromatic carbocycles. The van der Waals surface area contributed by atoms with Crippen LogP contribution in [0.2, 0.25) is 0 Å². The van der Waals surface area contributed by atoms with Crippen LogP contribution in [0, 0.1) is 11.3 Å². The Morgan fingerprint density at radius 2 is 1.90 bits per heavy atom. The number of guanidine groups is 1. The van der Waals surface area contributed by atoms with Gasteiger partial charge >= 0.3 is 0 Å². The number of nitrogens with zero attached hydrogens (tertiary/aromatic N) is 2. The quantitative estimate of drug-likeness (QED) is 0.202. The summed E-state index contributed by atoms with van der Waals surface area (Å²) in [5.41, 5.74) is 0.0881. The van der Waals surface area contributed by atoms with Crippen LogP contribution in [-0.2, 0) is 14.8 Å². The van der Waals surface area contributed by atoms with Gasteiger partial charge in [0, 0.05) is 44.2 Å². The highest BCUT2D eigenvalue weighted by Gasteiger charge is 2.49. The summed E-state index contributed by atoms with van der Waals surface area (Å²) in [6.45, 7) is 12.4. The fourth-order valence-corrected chi connectivity index (χ4v) is 4.79. The van der Waals surface area contributed by atoms with Crippen LogP contribution in [0.25, 0.3) is 0 Å². The third-order valence-corrected chi connectivity index (χ3v) is 7.50. The maximum absolute atomic E-state index is 11.6. The van der Waals surface area contributed by atoms with E-state index in [2.05, 4.69) is 38.3 Å². The minimum Gasteiger partial charge on any atom is -0.378 e. The molecule has 2 N–H and O–H groups in total. The second-order valence-corrected chi connectivity index (χ2v) is 10.8. The van der Waals surface area contributed by atoms with Crippen molar-refractivity contribution in [2.24, 2.45) is 16.3 Å². The highest BCUT2D eigenvalue weighted by molar-refractivity contribution is 14.0. The fraction of sp³-hybridized carbons (Fsp3) is 0.950. The Balaban J connectivity index is 0.00000420. The molecule has 2 rings (SSSR count). The predicted molar refractivity (Wildman–Crippen MR) is 131 cm³/mol. The van der Waals surface area contributed by atoms with E-state index in [-0.39, 0.29) is 29.4 Å². The lowest BCUT2D eigenvalue weighted by Gasteiger charge is -2.52. The molecule has 172 valence electrons.